The molecule has 96 valence electrons. The van der Waals surface area contributed by atoms with Crippen LogP contribution in [-0.2, 0) is 0 Å². The van der Waals surface area contributed by atoms with Gasteiger partial charge in [0.05, 0.1) is 0 Å². The van der Waals surface area contributed by atoms with Gasteiger partial charge in [0.15, 0.2) is 0 Å². The van der Waals surface area contributed by atoms with Crippen molar-refractivity contribution in [2.45, 2.75) is 64.3 Å². The third kappa shape index (κ3) is 5.58. The summed E-state index contributed by atoms with van der Waals surface area (Å²) in [5.41, 5.74) is 0. The van der Waals surface area contributed by atoms with Crippen LogP contribution < -0.4 is 5.32 Å². The molecule has 1 aliphatic carbocycles. The first kappa shape index (κ1) is 14.4. The average Bonchev–Trinajstić information content (AvgIpc) is 2.35. The Morgan fingerprint density at radius 3 is 2.56 bits per heavy atom. The van der Waals surface area contributed by atoms with E-state index in [9.17, 15) is 0 Å². The monoisotopic (exact) mass is 243 g/mol. The van der Waals surface area contributed by atoms with Crippen molar-refractivity contribution in [1.29, 1.82) is 0 Å². The molecular formula is C14H29NS. The summed E-state index contributed by atoms with van der Waals surface area (Å²) in [5.74, 6) is 3.64. The summed E-state index contributed by atoms with van der Waals surface area (Å²) >= 11 is 2.16. The van der Waals surface area contributed by atoms with Gasteiger partial charge in [-0.1, -0.05) is 39.0 Å². The smallest absolute Gasteiger partial charge is 0.0183 e. The summed E-state index contributed by atoms with van der Waals surface area (Å²) in [7, 11) is 2.14. The minimum absolute atomic E-state index is 0.770. The van der Waals surface area contributed by atoms with Gasteiger partial charge in [-0.05, 0) is 38.0 Å². The molecule has 1 N–H and O–H groups in total. The van der Waals surface area contributed by atoms with Gasteiger partial charge in [-0.2, -0.15) is 11.8 Å². The van der Waals surface area contributed by atoms with Crippen molar-refractivity contribution in [3.05, 3.63) is 0 Å². The molecule has 0 heterocycles. The van der Waals surface area contributed by atoms with Gasteiger partial charge in [0.2, 0.25) is 0 Å². The van der Waals surface area contributed by atoms with E-state index in [1.807, 2.05) is 0 Å². The summed E-state index contributed by atoms with van der Waals surface area (Å²) in [6.45, 7) is 2.28. The van der Waals surface area contributed by atoms with E-state index in [1.54, 1.807) is 0 Å². The molecule has 1 rings (SSSR count). The van der Waals surface area contributed by atoms with Gasteiger partial charge in [0.1, 0.15) is 0 Å². The van der Waals surface area contributed by atoms with E-state index in [4.69, 9.17) is 0 Å². The van der Waals surface area contributed by atoms with Crippen LogP contribution in [0.1, 0.15) is 58.3 Å². The third-order valence-electron chi connectivity index (χ3n) is 3.78. The number of hydrogen-bond acceptors (Lipinski definition) is 2. The van der Waals surface area contributed by atoms with E-state index in [0.29, 0.717) is 0 Å². The molecule has 0 spiro atoms. The first-order valence-corrected chi connectivity index (χ1v) is 8.29. The maximum absolute atomic E-state index is 3.54. The zero-order valence-corrected chi connectivity index (χ0v) is 12.0. The number of nitrogens with one attached hydrogen (secondary N) is 1. The van der Waals surface area contributed by atoms with Gasteiger partial charge in [0, 0.05) is 11.8 Å². The van der Waals surface area contributed by atoms with Gasteiger partial charge in [-0.15, -0.1) is 0 Å². The lowest BCUT2D eigenvalue weighted by molar-refractivity contribution is 0.294. The van der Waals surface area contributed by atoms with E-state index in [0.717, 1.165) is 12.0 Å². The van der Waals surface area contributed by atoms with E-state index in [2.05, 4.69) is 31.1 Å². The van der Waals surface area contributed by atoms with Crippen LogP contribution in [0.3, 0.4) is 0 Å². The second-order valence-electron chi connectivity index (χ2n) is 5.08. The molecule has 2 heteroatoms. The highest BCUT2D eigenvalue weighted by molar-refractivity contribution is 7.99. The van der Waals surface area contributed by atoms with Crippen molar-refractivity contribution in [2.24, 2.45) is 5.92 Å². The Morgan fingerprint density at radius 1 is 1.19 bits per heavy atom. The summed E-state index contributed by atoms with van der Waals surface area (Å²) < 4.78 is 0. The van der Waals surface area contributed by atoms with Gasteiger partial charge < -0.3 is 5.32 Å². The molecule has 16 heavy (non-hydrogen) atoms. The number of thioether (sulfide) groups is 1. The molecule has 1 saturated carbocycles. The Kier molecular flexibility index (Phi) is 8.40. The van der Waals surface area contributed by atoms with Crippen LogP contribution in [0.5, 0.6) is 0 Å². The Bertz CT molecular complexity index is 155. The van der Waals surface area contributed by atoms with Crippen LogP contribution in [0.15, 0.2) is 0 Å². The lowest BCUT2D eigenvalue weighted by Gasteiger charge is -2.29. The van der Waals surface area contributed by atoms with Crippen molar-refractivity contribution < 1.29 is 0 Å². The predicted octanol–water partition coefficient (Wildman–Crippen LogP) is 4.08. The van der Waals surface area contributed by atoms with Crippen LogP contribution in [0.2, 0.25) is 0 Å². The fourth-order valence-electron chi connectivity index (χ4n) is 2.66. The highest BCUT2D eigenvalue weighted by Crippen LogP contribution is 2.28. The Morgan fingerprint density at radius 2 is 1.94 bits per heavy atom. The molecular weight excluding hydrogens is 214 g/mol. The number of hydrogen-bond donors (Lipinski definition) is 1. The SMILES string of the molecule is CCCCCSCC(NC)C1CCCCC1. The summed E-state index contributed by atoms with van der Waals surface area (Å²) in [4.78, 5) is 0. The average molecular weight is 243 g/mol. The minimum Gasteiger partial charge on any atom is -0.316 e. The molecule has 0 radical (unpaired) electrons. The third-order valence-corrected chi connectivity index (χ3v) is 4.95. The number of rotatable bonds is 8. The van der Waals surface area contributed by atoms with Crippen molar-refractivity contribution in [3.8, 4) is 0 Å². The van der Waals surface area contributed by atoms with Crippen molar-refractivity contribution >= 4 is 11.8 Å². The topological polar surface area (TPSA) is 12.0 Å². The first-order valence-electron chi connectivity index (χ1n) is 7.13. The zero-order chi connectivity index (χ0) is 11.6. The van der Waals surface area contributed by atoms with E-state index < -0.39 is 0 Å². The predicted molar refractivity (Wildman–Crippen MR) is 76.3 cm³/mol. The molecule has 0 aromatic carbocycles. The van der Waals surface area contributed by atoms with Crippen molar-refractivity contribution in [2.75, 3.05) is 18.6 Å². The van der Waals surface area contributed by atoms with Crippen LogP contribution in [0, 0.1) is 5.92 Å². The molecule has 1 unspecified atom stereocenters. The second-order valence-corrected chi connectivity index (χ2v) is 6.23. The summed E-state index contributed by atoms with van der Waals surface area (Å²) in [5, 5.41) is 3.54. The number of unbranched alkanes of at least 4 members (excludes halogenated alkanes) is 2. The fraction of sp³-hybridized carbons (Fsp3) is 1.00. The molecule has 1 nitrogen and oxygen atoms in total. The minimum atomic E-state index is 0.770. The lowest BCUT2D eigenvalue weighted by Crippen LogP contribution is -2.37. The molecule has 1 atom stereocenters. The largest absolute Gasteiger partial charge is 0.316 e. The van der Waals surface area contributed by atoms with Crippen LogP contribution in [0.25, 0.3) is 0 Å². The molecule has 0 aromatic rings. The van der Waals surface area contributed by atoms with Crippen LogP contribution in [0.4, 0.5) is 0 Å². The molecule has 1 fully saturated rings. The molecule has 0 saturated heterocycles. The van der Waals surface area contributed by atoms with Gasteiger partial charge in [-0.3, -0.25) is 0 Å². The van der Waals surface area contributed by atoms with Gasteiger partial charge >= 0.3 is 0 Å². The maximum atomic E-state index is 3.54. The molecule has 0 aromatic heterocycles. The normalized spacial score (nSPS) is 19.9. The first-order chi connectivity index (χ1) is 7.88. The maximum Gasteiger partial charge on any atom is 0.0183 e. The van der Waals surface area contributed by atoms with E-state index in [-0.39, 0.29) is 0 Å². The van der Waals surface area contributed by atoms with Crippen LogP contribution >= 0.6 is 11.8 Å². The molecule has 0 bridgehead atoms. The van der Waals surface area contributed by atoms with Crippen molar-refractivity contribution in [1.82, 2.24) is 5.32 Å². The Labute approximate surface area is 106 Å². The lowest BCUT2D eigenvalue weighted by atomic mass is 9.84. The highest BCUT2D eigenvalue weighted by Gasteiger charge is 2.21. The quantitative estimate of drug-likeness (QED) is 0.645. The highest BCUT2D eigenvalue weighted by atomic mass is 32.2. The van der Waals surface area contributed by atoms with Crippen LogP contribution in [-0.4, -0.2) is 24.6 Å². The fourth-order valence-corrected chi connectivity index (χ4v) is 3.92. The van der Waals surface area contributed by atoms with Crippen molar-refractivity contribution in [3.63, 3.8) is 0 Å². The summed E-state index contributed by atoms with van der Waals surface area (Å²) in [6, 6.07) is 0.770. The second kappa shape index (κ2) is 9.35. The molecule has 1 aliphatic rings. The molecule has 0 amide bonds. The van der Waals surface area contributed by atoms with E-state index in [1.165, 1.54) is 62.9 Å². The van der Waals surface area contributed by atoms with Gasteiger partial charge in [0.25, 0.3) is 0 Å². The standard InChI is InChI=1S/C14H29NS/c1-3-4-8-11-16-12-14(15-2)13-9-6-5-7-10-13/h13-15H,3-12H2,1-2H3. The Hall–Kier alpha value is 0.310. The molecule has 0 aliphatic heterocycles. The summed E-state index contributed by atoms with van der Waals surface area (Å²) in [6.07, 6.45) is 11.5. The van der Waals surface area contributed by atoms with E-state index >= 15 is 0 Å². The zero-order valence-electron chi connectivity index (χ0n) is 11.1. The Balaban J connectivity index is 2.10. The van der Waals surface area contributed by atoms with Gasteiger partial charge in [-0.25, -0.2) is 0 Å².